The number of fused-ring (bicyclic) bond motifs is 3. The van der Waals surface area contributed by atoms with Gasteiger partial charge >= 0.3 is 0 Å². The van der Waals surface area contributed by atoms with Crippen LogP contribution in [0.2, 0.25) is 0 Å². The molecule has 0 amide bonds. The molecule has 0 spiro atoms. The van der Waals surface area contributed by atoms with E-state index in [1.165, 1.54) is 44.8 Å². The molecule has 0 saturated heterocycles. The van der Waals surface area contributed by atoms with Crippen LogP contribution in [0.5, 0.6) is 0 Å². The fourth-order valence-electron chi connectivity index (χ4n) is 6.70. The zero-order valence-corrected chi connectivity index (χ0v) is 24.9. The quantitative estimate of drug-likeness (QED) is 0.211. The lowest BCUT2D eigenvalue weighted by Crippen LogP contribution is -2.30. The number of rotatable bonds is 4. The van der Waals surface area contributed by atoms with Crippen LogP contribution in [0.3, 0.4) is 0 Å². The monoisotopic (exact) mass is 564 g/mol. The van der Waals surface area contributed by atoms with E-state index in [0.29, 0.717) is 0 Å². The molecule has 1 aliphatic heterocycles. The van der Waals surface area contributed by atoms with Gasteiger partial charge in [0, 0.05) is 22.1 Å². The Bertz CT molecular complexity index is 2090. The Kier molecular flexibility index (Phi) is 6.16. The van der Waals surface area contributed by atoms with Crippen molar-refractivity contribution in [2.75, 3.05) is 4.90 Å². The summed E-state index contributed by atoms with van der Waals surface area (Å²) in [6.07, 6.45) is 0. The summed E-state index contributed by atoms with van der Waals surface area (Å²) in [5, 5.41) is 1.15. The molecule has 210 valence electrons. The molecule has 8 rings (SSSR count). The van der Waals surface area contributed by atoms with Gasteiger partial charge in [-0.1, -0.05) is 123 Å². The zero-order valence-electron chi connectivity index (χ0n) is 24.9. The van der Waals surface area contributed by atoms with E-state index in [0.717, 1.165) is 27.8 Å². The third kappa shape index (κ3) is 4.39. The van der Waals surface area contributed by atoms with E-state index in [1.54, 1.807) is 0 Å². The number of hydrogen-bond acceptors (Lipinski definition) is 2. The molecule has 1 aromatic heterocycles. The van der Waals surface area contributed by atoms with Crippen molar-refractivity contribution in [3.63, 3.8) is 0 Å². The average Bonchev–Trinajstić information content (AvgIpc) is 3.09. The van der Waals surface area contributed by atoms with Gasteiger partial charge in [0.1, 0.15) is 0 Å². The van der Waals surface area contributed by atoms with E-state index < -0.39 is 0 Å². The SMILES string of the molecule is CC1(C)c2ccccc2N(c2cc(-c3ccccc3)cc(-c3ccccc3)c2)c2ccc(-c3ccc4ccccc4n3)cc21. The Labute approximate surface area is 258 Å². The third-order valence-corrected chi connectivity index (χ3v) is 9.01. The van der Waals surface area contributed by atoms with Crippen molar-refractivity contribution in [1.29, 1.82) is 0 Å². The van der Waals surface area contributed by atoms with Gasteiger partial charge in [-0.3, -0.25) is 0 Å². The van der Waals surface area contributed by atoms with Gasteiger partial charge in [0.15, 0.2) is 0 Å². The lowest BCUT2D eigenvalue weighted by molar-refractivity contribution is 0.632. The largest absolute Gasteiger partial charge is 0.310 e. The van der Waals surface area contributed by atoms with Gasteiger partial charge in [0.05, 0.1) is 22.6 Å². The zero-order chi connectivity index (χ0) is 29.7. The fourth-order valence-corrected chi connectivity index (χ4v) is 6.70. The average molecular weight is 565 g/mol. The number of aromatic nitrogens is 1. The van der Waals surface area contributed by atoms with E-state index in [-0.39, 0.29) is 5.41 Å². The van der Waals surface area contributed by atoms with Crippen molar-refractivity contribution in [3.05, 3.63) is 169 Å². The molecule has 1 aliphatic rings. The van der Waals surface area contributed by atoms with Gasteiger partial charge in [-0.25, -0.2) is 4.98 Å². The Morgan fingerprint density at radius 3 is 1.80 bits per heavy atom. The molecule has 0 bridgehead atoms. The molecule has 0 saturated carbocycles. The molecule has 2 heteroatoms. The summed E-state index contributed by atoms with van der Waals surface area (Å²) in [6, 6.07) is 56.7. The van der Waals surface area contributed by atoms with E-state index in [1.807, 2.05) is 0 Å². The number of pyridine rings is 1. The number of benzene rings is 6. The molecule has 0 unspecified atom stereocenters. The molecule has 0 aliphatic carbocycles. The highest BCUT2D eigenvalue weighted by molar-refractivity contribution is 5.91. The second kappa shape index (κ2) is 10.4. The minimum absolute atomic E-state index is 0.200. The summed E-state index contributed by atoms with van der Waals surface area (Å²) in [5.74, 6) is 0. The van der Waals surface area contributed by atoms with Crippen LogP contribution in [0.1, 0.15) is 25.0 Å². The minimum Gasteiger partial charge on any atom is -0.310 e. The van der Waals surface area contributed by atoms with Crippen molar-refractivity contribution in [2.45, 2.75) is 19.3 Å². The lowest BCUT2D eigenvalue weighted by Gasteiger charge is -2.42. The van der Waals surface area contributed by atoms with Gasteiger partial charge in [-0.15, -0.1) is 0 Å². The van der Waals surface area contributed by atoms with Crippen molar-refractivity contribution < 1.29 is 0 Å². The van der Waals surface area contributed by atoms with Crippen molar-refractivity contribution in [1.82, 2.24) is 4.98 Å². The van der Waals surface area contributed by atoms with Crippen LogP contribution in [0.25, 0.3) is 44.4 Å². The smallest absolute Gasteiger partial charge is 0.0709 e. The summed E-state index contributed by atoms with van der Waals surface area (Å²) in [6.45, 7) is 4.69. The van der Waals surface area contributed by atoms with E-state index in [9.17, 15) is 0 Å². The number of nitrogens with zero attached hydrogens (tertiary/aromatic N) is 2. The first-order valence-electron chi connectivity index (χ1n) is 15.2. The van der Waals surface area contributed by atoms with Crippen LogP contribution in [-0.2, 0) is 5.41 Å². The normalized spacial score (nSPS) is 13.4. The lowest BCUT2D eigenvalue weighted by atomic mass is 9.73. The first-order valence-corrected chi connectivity index (χ1v) is 15.2. The van der Waals surface area contributed by atoms with Gasteiger partial charge < -0.3 is 4.90 Å². The molecule has 2 nitrogen and oxygen atoms in total. The number of anilines is 3. The third-order valence-electron chi connectivity index (χ3n) is 9.01. The molecular weight excluding hydrogens is 532 g/mol. The van der Waals surface area contributed by atoms with Crippen LogP contribution in [0.15, 0.2) is 158 Å². The molecule has 0 radical (unpaired) electrons. The summed E-state index contributed by atoms with van der Waals surface area (Å²) in [7, 11) is 0. The van der Waals surface area contributed by atoms with Gasteiger partial charge in [0.2, 0.25) is 0 Å². The molecule has 0 fully saturated rings. The molecule has 6 aromatic carbocycles. The molecule has 7 aromatic rings. The Hall–Kier alpha value is -5.47. The fraction of sp³-hybridized carbons (Fsp3) is 0.0714. The first kappa shape index (κ1) is 26.2. The highest BCUT2D eigenvalue weighted by Gasteiger charge is 2.37. The Balaban J connectivity index is 1.35. The highest BCUT2D eigenvalue weighted by atomic mass is 15.2. The van der Waals surface area contributed by atoms with Gasteiger partial charge in [-0.05, 0) is 81.9 Å². The van der Waals surface area contributed by atoms with Crippen LogP contribution in [-0.4, -0.2) is 4.98 Å². The molecule has 44 heavy (non-hydrogen) atoms. The maximum Gasteiger partial charge on any atom is 0.0709 e. The van der Waals surface area contributed by atoms with Crippen LogP contribution in [0.4, 0.5) is 17.1 Å². The van der Waals surface area contributed by atoms with Gasteiger partial charge in [-0.2, -0.15) is 0 Å². The predicted molar refractivity (Wildman–Crippen MR) is 185 cm³/mol. The molecule has 0 N–H and O–H groups in total. The number of para-hydroxylation sites is 2. The van der Waals surface area contributed by atoms with Crippen LogP contribution in [0, 0.1) is 0 Å². The molecule has 0 atom stereocenters. The van der Waals surface area contributed by atoms with Crippen LogP contribution < -0.4 is 4.90 Å². The topological polar surface area (TPSA) is 16.1 Å². The first-order chi connectivity index (χ1) is 21.6. The Morgan fingerprint density at radius 2 is 1.07 bits per heavy atom. The minimum atomic E-state index is -0.200. The molecule has 2 heterocycles. The van der Waals surface area contributed by atoms with Crippen LogP contribution >= 0.6 is 0 Å². The van der Waals surface area contributed by atoms with Crippen molar-refractivity contribution in [3.8, 4) is 33.5 Å². The second-order valence-corrected chi connectivity index (χ2v) is 12.1. The maximum atomic E-state index is 5.04. The van der Waals surface area contributed by atoms with Crippen molar-refractivity contribution in [2.24, 2.45) is 0 Å². The predicted octanol–water partition coefficient (Wildman–Crippen LogP) is 11.3. The summed E-state index contributed by atoms with van der Waals surface area (Å²) in [5.41, 5.74) is 13.9. The maximum absolute atomic E-state index is 5.04. The summed E-state index contributed by atoms with van der Waals surface area (Å²) >= 11 is 0. The van der Waals surface area contributed by atoms with E-state index in [4.69, 9.17) is 4.98 Å². The molecular formula is C42H32N2. The second-order valence-electron chi connectivity index (χ2n) is 12.1. The summed E-state index contributed by atoms with van der Waals surface area (Å²) < 4.78 is 0. The van der Waals surface area contributed by atoms with E-state index in [2.05, 4.69) is 176 Å². The summed E-state index contributed by atoms with van der Waals surface area (Å²) in [4.78, 5) is 7.49. The van der Waals surface area contributed by atoms with E-state index >= 15 is 0 Å². The highest BCUT2D eigenvalue weighted by Crippen LogP contribution is 2.53. The van der Waals surface area contributed by atoms with Crippen molar-refractivity contribution >= 4 is 28.0 Å². The van der Waals surface area contributed by atoms with Gasteiger partial charge in [0.25, 0.3) is 0 Å². The Morgan fingerprint density at radius 1 is 0.455 bits per heavy atom. The number of hydrogen-bond donors (Lipinski definition) is 0. The standard InChI is InChI=1S/C42H32N2/c1-42(2)36-18-10-12-20-40(36)44(41-24-22-32(28-37(41)42)39-23-21-31-17-9-11-19-38(31)43-39)35-26-33(29-13-5-3-6-14-29)25-34(27-35)30-15-7-4-8-16-30/h3-28H,1-2H3.